The van der Waals surface area contributed by atoms with Crippen molar-refractivity contribution >= 4 is 22.4 Å². The van der Waals surface area contributed by atoms with Gasteiger partial charge in [-0.15, -0.1) is 0 Å². The third kappa shape index (κ3) is 2.74. The number of nitrogen functional groups attached to an aromatic ring is 1. The van der Waals surface area contributed by atoms with Gasteiger partial charge in [0.1, 0.15) is 23.8 Å². The molecule has 0 aliphatic heterocycles. The number of halogens is 2. The summed E-state index contributed by atoms with van der Waals surface area (Å²) in [4.78, 5) is 8.27. The molecule has 0 fully saturated rings. The van der Waals surface area contributed by atoms with Gasteiger partial charge in [0.05, 0.1) is 5.52 Å². The number of nitrogens with one attached hydrogen (secondary N) is 1. The first-order valence-corrected chi connectivity index (χ1v) is 6.31. The summed E-state index contributed by atoms with van der Waals surface area (Å²) in [6.07, 6.45) is 1.41. The number of hydrogen-bond acceptors (Lipinski definition) is 4. The van der Waals surface area contributed by atoms with Gasteiger partial charge in [-0.25, -0.2) is 18.7 Å². The quantitative estimate of drug-likeness (QED) is 0.726. The SMILES string of the molecule is Nc1ccc2c(NCc3ccc(F)cc3F)ncnc2c1. The molecule has 2 aromatic carbocycles. The first kappa shape index (κ1) is 13.2. The Morgan fingerprint density at radius 2 is 1.90 bits per heavy atom. The van der Waals surface area contributed by atoms with E-state index in [4.69, 9.17) is 5.73 Å². The highest BCUT2D eigenvalue weighted by Gasteiger charge is 2.07. The summed E-state index contributed by atoms with van der Waals surface area (Å²) in [5.41, 5.74) is 7.38. The van der Waals surface area contributed by atoms with E-state index in [1.807, 2.05) is 0 Å². The molecule has 0 bridgehead atoms. The first-order valence-electron chi connectivity index (χ1n) is 6.31. The molecule has 0 radical (unpaired) electrons. The van der Waals surface area contributed by atoms with Gasteiger partial charge >= 0.3 is 0 Å². The maximum Gasteiger partial charge on any atom is 0.137 e. The average molecular weight is 286 g/mol. The summed E-state index contributed by atoms with van der Waals surface area (Å²) < 4.78 is 26.5. The van der Waals surface area contributed by atoms with E-state index in [1.165, 1.54) is 18.5 Å². The van der Waals surface area contributed by atoms with Gasteiger partial charge in [-0.1, -0.05) is 6.07 Å². The van der Waals surface area contributed by atoms with Gasteiger partial charge in [0, 0.05) is 29.2 Å². The summed E-state index contributed by atoms with van der Waals surface area (Å²) in [5, 5.41) is 3.82. The predicted octanol–water partition coefficient (Wildman–Crippen LogP) is 3.10. The molecule has 0 amide bonds. The van der Waals surface area contributed by atoms with Crippen LogP contribution in [0.2, 0.25) is 0 Å². The molecule has 4 nitrogen and oxygen atoms in total. The highest BCUT2D eigenvalue weighted by molar-refractivity contribution is 5.90. The zero-order valence-electron chi connectivity index (χ0n) is 11.0. The lowest BCUT2D eigenvalue weighted by atomic mass is 10.2. The van der Waals surface area contributed by atoms with E-state index in [0.717, 1.165) is 11.5 Å². The summed E-state index contributed by atoms with van der Waals surface area (Å²) in [5.74, 6) is -0.618. The Bertz CT molecular complexity index is 805. The molecular formula is C15H12F2N4. The topological polar surface area (TPSA) is 63.8 Å². The smallest absolute Gasteiger partial charge is 0.137 e. The molecule has 0 aliphatic rings. The van der Waals surface area contributed by atoms with Gasteiger partial charge < -0.3 is 11.1 Å². The van der Waals surface area contributed by atoms with E-state index in [1.54, 1.807) is 18.2 Å². The molecule has 0 saturated carbocycles. The third-order valence-corrected chi connectivity index (χ3v) is 3.12. The fraction of sp³-hybridized carbons (Fsp3) is 0.0667. The molecule has 3 rings (SSSR count). The predicted molar refractivity (Wildman–Crippen MR) is 77.6 cm³/mol. The molecule has 21 heavy (non-hydrogen) atoms. The number of aromatic nitrogens is 2. The zero-order valence-corrected chi connectivity index (χ0v) is 11.0. The standard InChI is InChI=1S/C15H12F2N4/c16-10-2-1-9(13(17)5-10)7-19-15-12-4-3-11(18)6-14(12)20-8-21-15/h1-6,8H,7,18H2,(H,19,20,21). The van der Waals surface area contributed by atoms with Crippen molar-refractivity contribution in [2.45, 2.75) is 6.54 Å². The summed E-state index contributed by atoms with van der Waals surface area (Å²) in [6, 6.07) is 8.76. The van der Waals surface area contributed by atoms with Crippen LogP contribution in [-0.2, 0) is 6.54 Å². The van der Waals surface area contributed by atoms with Crippen molar-refractivity contribution in [3.8, 4) is 0 Å². The van der Waals surface area contributed by atoms with Crippen molar-refractivity contribution in [2.24, 2.45) is 0 Å². The van der Waals surface area contributed by atoms with Gasteiger partial charge in [-0.2, -0.15) is 0 Å². The Kier molecular flexibility index (Phi) is 3.35. The fourth-order valence-electron chi connectivity index (χ4n) is 2.06. The minimum absolute atomic E-state index is 0.197. The van der Waals surface area contributed by atoms with Crippen molar-refractivity contribution in [1.29, 1.82) is 0 Å². The van der Waals surface area contributed by atoms with E-state index in [0.29, 0.717) is 22.6 Å². The van der Waals surface area contributed by atoms with Crippen LogP contribution in [0.5, 0.6) is 0 Å². The molecule has 6 heteroatoms. The lowest BCUT2D eigenvalue weighted by molar-refractivity contribution is 0.574. The molecule has 1 heterocycles. The van der Waals surface area contributed by atoms with Crippen LogP contribution in [0.3, 0.4) is 0 Å². The molecule has 0 unspecified atom stereocenters. The normalized spacial score (nSPS) is 10.8. The molecule has 3 N–H and O–H groups in total. The molecule has 0 atom stereocenters. The van der Waals surface area contributed by atoms with Crippen LogP contribution in [0.25, 0.3) is 10.9 Å². The van der Waals surface area contributed by atoms with Crippen LogP contribution < -0.4 is 11.1 Å². The number of fused-ring (bicyclic) bond motifs is 1. The van der Waals surface area contributed by atoms with E-state index >= 15 is 0 Å². The maximum absolute atomic E-state index is 13.6. The Balaban J connectivity index is 1.88. The molecule has 106 valence electrons. The minimum atomic E-state index is -0.598. The molecular weight excluding hydrogens is 274 g/mol. The second kappa shape index (κ2) is 5.32. The summed E-state index contributed by atoms with van der Waals surface area (Å²) in [6.45, 7) is 0.197. The zero-order chi connectivity index (χ0) is 14.8. The van der Waals surface area contributed by atoms with Crippen molar-refractivity contribution in [2.75, 3.05) is 11.1 Å². The Morgan fingerprint density at radius 1 is 1.05 bits per heavy atom. The number of hydrogen-bond donors (Lipinski definition) is 2. The molecule has 0 aliphatic carbocycles. The average Bonchev–Trinajstić information content (AvgIpc) is 2.46. The van der Waals surface area contributed by atoms with Crippen molar-refractivity contribution in [3.63, 3.8) is 0 Å². The van der Waals surface area contributed by atoms with E-state index in [-0.39, 0.29) is 6.54 Å². The van der Waals surface area contributed by atoms with Gasteiger partial charge in [0.25, 0.3) is 0 Å². The van der Waals surface area contributed by atoms with Crippen molar-refractivity contribution < 1.29 is 8.78 Å². The lowest BCUT2D eigenvalue weighted by Crippen LogP contribution is -2.04. The summed E-state index contributed by atoms with van der Waals surface area (Å²) >= 11 is 0. The number of benzene rings is 2. The fourth-order valence-corrected chi connectivity index (χ4v) is 2.06. The number of rotatable bonds is 3. The van der Waals surface area contributed by atoms with E-state index in [9.17, 15) is 8.78 Å². The number of anilines is 2. The maximum atomic E-state index is 13.6. The van der Waals surface area contributed by atoms with Crippen LogP contribution in [0.15, 0.2) is 42.7 Å². The molecule has 3 aromatic rings. The van der Waals surface area contributed by atoms with Crippen LogP contribution in [0.4, 0.5) is 20.3 Å². The number of nitrogens with zero attached hydrogens (tertiary/aromatic N) is 2. The minimum Gasteiger partial charge on any atom is -0.399 e. The van der Waals surface area contributed by atoms with Gasteiger partial charge in [0.15, 0.2) is 0 Å². The highest BCUT2D eigenvalue weighted by Crippen LogP contribution is 2.22. The Labute approximate surface area is 119 Å². The molecule has 0 spiro atoms. The lowest BCUT2D eigenvalue weighted by Gasteiger charge is -2.09. The second-order valence-electron chi connectivity index (χ2n) is 4.59. The van der Waals surface area contributed by atoms with Crippen molar-refractivity contribution in [3.05, 3.63) is 59.9 Å². The Hall–Kier alpha value is -2.76. The van der Waals surface area contributed by atoms with Crippen LogP contribution in [-0.4, -0.2) is 9.97 Å². The first-order chi connectivity index (χ1) is 10.1. The molecule has 0 saturated heterocycles. The van der Waals surface area contributed by atoms with Crippen molar-refractivity contribution in [1.82, 2.24) is 9.97 Å². The monoisotopic (exact) mass is 286 g/mol. The van der Waals surface area contributed by atoms with Gasteiger partial charge in [-0.05, 0) is 24.3 Å². The van der Waals surface area contributed by atoms with E-state index < -0.39 is 11.6 Å². The third-order valence-electron chi connectivity index (χ3n) is 3.12. The van der Waals surface area contributed by atoms with E-state index in [2.05, 4.69) is 15.3 Å². The Morgan fingerprint density at radius 3 is 2.71 bits per heavy atom. The van der Waals surface area contributed by atoms with Crippen LogP contribution >= 0.6 is 0 Å². The van der Waals surface area contributed by atoms with Crippen LogP contribution in [0, 0.1) is 11.6 Å². The van der Waals surface area contributed by atoms with Gasteiger partial charge in [0.2, 0.25) is 0 Å². The highest BCUT2D eigenvalue weighted by atomic mass is 19.1. The summed E-state index contributed by atoms with van der Waals surface area (Å²) in [7, 11) is 0. The molecule has 1 aromatic heterocycles. The van der Waals surface area contributed by atoms with Crippen LogP contribution in [0.1, 0.15) is 5.56 Å². The van der Waals surface area contributed by atoms with Gasteiger partial charge in [-0.3, -0.25) is 0 Å². The largest absolute Gasteiger partial charge is 0.399 e. The second-order valence-corrected chi connectivity index (χ2v) is 4.59. The number of nitrogens with two attached hydrogens (primary N) is 1.